The number of carbonyl (C=O) groups is 1. The Bertz CT molecular complexity index is 732. The van der Waals surface area contributed by atoms with Gasteiger partial charge in [-0.15, -0.1) is 0 Å². The number of hydrogen-bond donors (Lipinski definition) is 1. The Balaban J connectivity index is 1.82. The van der Waals surface area contributed by atoms with Crippen LogP contribution < -0.4 is 4.72 Å². The van der Waals surface area contributed by atoms with E-state index in [-0.39, 0.29) is 11.7 Å². The number of halogens is 1. The van der Waals surface area contributed by atoms with E-state index in [2.05, 4.69) is 9.62 Å². The highest BCUT2D eigenvalue weighted by Crippen LogP contribution is 2.29. The van der Waals surface area contributed by atoms with Gasteiger partial charge in [-0.1, -0.05) is 12.1 Å². The quantitative estimate of drug-likeness (QED) is 0.806. The third-order valence-electron chi connectivity index (χ3n) is 4.94. The number of nitrogens with one attached hydrogen (secondary N) is 1. The molecule has 1 aromatic carbocycles. The fourth-order valence-electron chi connectivity index (χ4n) is 3.24. The van der Waals surface area contributed by atoms with Crippen LogP contribution in [0.3, 0.4) is 0 Å². The van der Waals surface area contributed by atoms with Crippen molar-refractivity contribution < 1.29 is 17.6 Å². The Hall–Kier alpha value is -1.55. The van der Waals surface area contributed by atoms with Crippen molar-refractivity contribution in [1.29, 1.82) is 0 Å². The number of likely N-dealkylation sites (N-methyl/N-ethyl adjacent to an activating group) is 2. The van der Waals surface area contributed by atoms with Crippen LogP contribution in [0.2, 0.25) is 0 Å². The third-order valence-corrected chi connectivity index (χ3v) is 6.54. The Morgan fingerprint density at radius 1 is 1.12 bits per heavy atom. The Morgan fingerprint density at radius 2 is 1.72 bits per heavy atom. The molecule has 2 heterocycles. The van der Waals surface area contributed by atoms with Crippen LogP contribution in [-0.2, 0) is 15.0 Å². The molecule has 0 spiro atoms. The Morgan fingerprint density at radius 3 is 2.32 bits per heavy atom. The van der Waals surface area contributed by atoms with E-state index >= 15 is 0 Å². The predicted octanol–water partition coefficient (Wildman–Crippen LogP) is 0.179. The highest BCUT2D eigenvalue weighted by Gasteiger charge is 2.42. The van der Waals surface area contributed by atoms with Crippen molar-refractivity contribution in [2.75, 3.05) is 40.3 Å². The molecule has 0 bridgehead atoms. The Labute approximate surface area is 147 Å². The van der Waals surface area contributed by atoms with Crippen molar-refractivity contribution in [2.45, 2.75) is 18.5 Å². The zero-order valence-corrected chi connectivity index (χ0v) is 15.2. The lowest BCUT2D eigenvalue weighted by Crippen LogP contribution is -2.59. The van der Waals surface area contributed by atoms with Gasteiger partial charge in [0.05, 0.1) is 0 Å². The summed E-state index contributed by atoms with van der Waals surface area (Å²) in [6, 6.07) is 4.36. The van der Waals surface area contributed by atoms with E-state index in [9.17, 15) is 17.6 Å². The third kappa shape index (κ3) is 3.84. The molecule has 2 atom stereocenters. The monoisotopic (exact) mass is 370 g/mol. The number of rotatable bonds is 2. The molecule has 1 N–H and O–H groups in total. The fourth-order valence-corrected chi connectivity index (χ4v) is 4.51. The van der Waals surface area contributed by atoms with Gasteiger partial charge in [-0.05, 0) is 31.2 Å². The highest BCUT2D eigenvalue weighted by atomic mass is 32.2. The van der Waals surface area contributed by atoms with Gasteiger partial charge >= 0.3 is 0 Å². The molecule has 9 heteroatoms. The summed E-state index contributed by atoms with van der Waals surface area (Å²) >= 11 is 0. The van der Waals surface area contributed by atoms with Gasteiger partial charge in [-0.3, -0.25) is 4.79 Å². The fraction of sp³-hybridized carbons (Fsp3) is 0.562. The topological polar surface area (TPSA) is 73.0 Å². The van der Waals surface area contributed by atoms with Crippen LogP contribution in [-0.4, -0.2) is 74.7 Å². The molecule has 1 aromatic rings. The SMILES string of the molecule is CN1CCN(C(=O)[C@H]2C[C@@H](c3ccc(F)cc3)NS(=O)(=O)N2C)CC1. The zero-order valence-electron chi connectivity index (χ0n) is 14.4. The number of piperazine rings is 1. The minimum atomic E-state index is -3.78. The molecule has 0 aromatic heterocycles. The lowest BCUT2D eigenvalue weighted by molar-refractivity contribution is -0.137. The van der Waals surface area contributed by atoms with E-state index in [1.807, 2.05) is 7.05 Å². The molecule has 3 rings (SSSR count). The lowest BCUT2D eigenvalue weighted by atomic mass is 9.99. The van der Waals surface area contributed by atoms with Crippen LogP contribution in [0.5, 0.6) is 0 Å². The van der Waals surface area contributed by atoms with Crippen LogP contribution in [0.25, 0.3) is 0 Å². The molecule has 0 saturated carbocycles. The molecule has 0 aliphatic carbocycles. The standard InChI is InChI=1S/C16H23FN4O3S/c1-19-7-9-21(10-8-19)16(22)15-11-14(18-25(23,24)20(15)2)12-3-5-13(17)6-4-12/h3-6,14-15,18H,7-11H2,1-2H3/t14-,15+/m0/s1. The summed E-state index contributed by atoms with van der Waals surface area (Å²) in [5.74, 6) is -0.558. The summed E-state index contributed by atoms with van der Waals surface area (Å²) in [5.41, 5.74) is 0.647. The van der Waals surface area contributed by atoms with Gasteiger partial charge in [-0.2, -0.15) is 17.4 Å². The van der Waals surface area contributed by atoms with E-state index in [1.165, 1.54) is 19.2 Å². The van der Waals surface area contributed by atoms with E-state index in [4.69, 9.17) is 0 Å². The van der Waals surface area contributed by atoms with Crippen LogP contribution in [0, 0.1) is 5.82 Å². The molecular weight excluding hydrogens is 347 g/mol. The highest BCUT2D eigenvalue weighted by molar-refractivity contribution is 7.87. The Kier molecular flexibility index (Phi) is 5.10. The predicted molar refractivity (Wildman–Crippen MR) is 91.4 cm³/mol. The van der Waals surface area contributed by atoms with Crippen molar-refractivity contribution in [1.82, 2.24) is 18.8 Å². The first kappa shape index (κ1) is 18.2. The maximum atomic E-state index is 13.1. The van der Waals surface area contributed by atoms with Gasteiger partial charge in [0.1, 0.15) is 11.9 Å². The van der Waals surface area contributed by atoms with Crippen LogP contribution >= 0.6 is 0 Å². The van der Waals surface area contributed by atoms with Crippen molar-refractivity contribution in [3.05, 3.63) is 35.6 Å². The molecule has 0 radical (unpaired) electrons. The average molecular weight is 370 g/mol. The minimum absolute atomic E-state index is 0.173. The van der Waals surface area contributed by atoms with Crippen molar-refractivity contribution >= 4 is 16.1 Å². The lowest BCUT2D eigenvalue weighted by Gasteiger charge is -2.40. The summed E-state index contributed by atoms with van der Waals surface area (Å²) in [6.45, 7) is 2.73. The van der Waals surface area contributed by atoms with Crippen LogP contribution in [0.15, 0.2) is 24.3 Å². The molecule has 2 fully saturated rings. The van der Waals surface area contributed by atoms with Gasteiger partial charge in [0, 0.05) is 39.3 Å². The first-order valence-corrected chi connectivity index (χ1v) is 9.70. The molecular formula is C16H23FN4O3S. The molecule has 2 aliphatic rings. The summed E-state index contributed by atoms with van der Waals surface area (Å²) in [7, 11) is -0.369. The number of benzene rings is 1. The van der Waals surface area contributed by atoms with Gasteiger partial charge in [0.15, 0.2) is 0 Å². The van der Waals surface area contributed by atoms with Crippen LogP contribution in [0.1, 0.15) is 18.0 Å². The van der Waals surface area contributed by atoms with Gasteiger partial charge in [0.25, 0.3) is 10.2 Å². The molecule has 2 aliphatic heterocycles. The van der Waals surface area contributed by atoms with Crippen molar-refractivity contribution in [3.8, 4) is 0 Å². The number of carbonyl (C=O) groups excluding carboxylic acids is 1. The first-order chi connectivity index (χ1) is 11.8. The van der Waals surface area contributed by atoms with E-state index in [0.29, 0.717) is 25.1 Å². The molecule has 0 unspecified atom stereocenters. The van der Waals surface area contributed by atoms with Crippen LogP contribution in [0.4, 0.5) is 4.39 Å². The molecule has 1 amide bonds. The number of nitrogens with zero attached hydrogens (tertiary/aromatic N) is 3. The van der Waals surface area contributed by atoms with Gasteiger partial charge in [-0.25, -0.2) is 4.39 Å². The second-order valence-electron chi connectivity index (χ2n) is 6.62. The summed E-state index contributed by atoms with van der Waals surface area (Å²) in [4.78, 5) is 16.8. The second-order valence-corrected chi connectivity index (χ2v) is 8.39. The molecule has 2 saturated heterocycles. The van der Waals surface area contributed by atoms with Gasteiger partial charge < -0.3 is 9.80 Å². The molecule has 138 valence electrons. The summed E-state index contributed by atoms with van der Waals surface area (Å²) in [6.07, 6.45) is 0.312. The second kappa shape index (κ2) is 6.99. The van der Waals surface area contributed by atoms with E-state index < -0.39 is 22.3 Å². The minimum Gasteiger partial charge on any atom is -0.339 e. The first-order valence-electron chi connectivity index (χ1n) is 8.26. The van der Waals surface area contributed by atoms with Crippen molar-refractivity contribution in [3.63, 3.8) is 0 Å². The van der Waals surface area contributed by atoms with E-state index in [0.717, 1.165) is 17.4 Å². The average Bonchev–Trinajstić information content (AvgIpc) is 2.58. The number of amides is 1. The van der Waals surface area contributed by atoms with Crippen molar-refractivity contribution in [2.24, 2.45) is 0 Å². The maximum Gasteiger partial charge on any atom is 0.280 e. The summed E-state index contributed by atoms with van der Waals surface area (Å²) < 4.78 is 41.7. The largest absolute Gasteiger partial charge is 0.339 e. The van der Waals surface area contributed by atoms with E-state index in [1.54, 1.807) is 17.0 Å². The maximum absolute atomic E-state index is 13.1. The zero-order chi connectivity index (χ0) is 18.2. The smallest absolute Gasteiger partial charge is 0.280 e. The molecule has 25 heavy (non-hydrogen) atoms. The molecule has 7 nitrogen and oxygen atoms in total. The van der Waals surface area contributed by atoms with Gasteiger partial charge in [0.2, 0.25) is 5.91 Å². The summed E-state index contributed by atoms with van der Waals surface area (Å²) in [5, 5.41) is 0. The number of hydrogen-bond acceptors (Lipinski definition) is 4. The normalized spacial score (nSPS) is 28.0.